The fourth-order valence-electron chi connectivity index (χ4n) is 4.07. The SMILES string of the molecule is CCCCCCCOc1ccc(C(=O)Oc2ccc(CC(NC(=O)c3ccc(NC(=O)CC)cc3)C(=O)O)cc2)cc1. The number of hydrogen-bond donors (Lipinski definition) is 3. The molecule has 0 aromatic heterocycles. The summed E-state index contributed by atoms with van der Waals surface area (Å²) >= 11 is 0. The van der Waals surface area contributed by atoms with E-state index in [4.69, 9.17) is 9.47 Å². The van der Waals surface area contributed by atoms with Crippen molar-refractivity contribution in [2.24, 2.45) is 0 Å². The molecule has 3 aromatic rings. The number of hydrogen-bond acceptors (Lipinski definition) is 6. The van der Waals surface area contributed by atoms with Gasteiger partial charge in [-0.2, -0.15) is 0 Å². The van der Waals surface area contributed by atoms with Crippen LogP contribution in [0.3, 0.4) is 0 Å². The van der Waals surface area contributed by atoms with Crippen LogP contribution in [0.1, 0.15) is 78.7 Å². The fraction of sp³-hybridized carbons (Fsp3) is 0.333. The molecular weight excluding hydrogens is 536 g/mol. The van der Waals surface area contributed by atoms with E-state index in [1.165, 1.54) is 31.4 Å². The van der Waals surface area contributed by atoms with Gasteiger partial charge < -0.3 is 25.2 Å². The van der Waals surface area contributed by atoms with Gasteiger partial charge in [0.05, 0.1) is 12.2 Å². The van der Waals surface area contributed by atoms with Gasteiger partial charge in [-0.25, -0.2) is 9.59 Å². The lowest BCUT2D eigenvalue weighted by molar-refractivity contribution is -0.139. The second-order valence-electron chi connectivity index (χ2n) is 9.87. The Kier molecular flexibility index (Phi) is 12.6. The number of carbonyl (C=O) groups is 4. The van der Waals surface area contributed by atoms with Crippen molar-refractivity contribution in [3.05, 3.63) is 89.5 Å². The largest absolute Gasteiger partial charge is 0.494 e. The minimum atomic E-state index is -1.19. The number of benzene rings is 3. The molecule has 0 bridgehead atoms. The molecule has 0 saturated heterocycles. The molecule has 0 saturated carbocycles. The van der Waals surface area contributed by atoms with E-state index in [2.05, 4.69) is 17.6 Å². The lowest BCUT2D eigenvalue weighted by Gasteiger charge is -2.15. The zero-order chi connectivity index (χ0) is 30.3. The summed E-state index contributed by atoms with van der Waals surface area (Å²) < 4.78 is 11.2. The second-order valence-corrected chi connectivity index (χ2v) is 9.87. The Labute approximate surface area is 246 Å². The van der Waals surface area contributed by atoms with Gasteiger partial charge in [-0.3, -0.25) is 9.59 Å². The zero-order valence-corrected chi connectivity index (χ0v) is 24.1. The molecule has 222 valence electrons. The predicted octanol–water partition coefficient (Wildman–Crippen LogP) is 6.03. The predicted molar refractivity (Wildman–Crippen MR) is 160 cm³/mol. The number of anilines is 1. The maximum Gasteiger partial charge on any atom is 0.343 e. The summed E-state index contributed by atoms with van der Waals surface area (Å²) in [6.07, 6.45) is 6.14. The average Bonchev–Trinajstić information content (AvgIpc) is 3.00. The first-order valence-electron chi connectivity index (χ1n) is 14.3. The summed E-state index contributed by atoms with van der Waals surface area (Å²) in [7, 11) is 0. The molecule has 1 unspecified atom stereocenters. The van der Waals surface area contributed by atoms with Crippen LogP contribution in [-0.2, 0) is 16.0 Å². The molecule has 0 radical (unpaired) electrons. The lowest BCUT2D eigenvalue weighted by Crippen LogP contribution is -2.42. The first-order chi connectivity index (χ1) is 20.3. The number of esters is 1. The molecule has 0 aliphatic rings. The van der Waals surface area contributed by atoms with E-state index in [1.807, 2.05) is 0 Å². The third-order valence-electron chi connectivity index (χ3n) is 6.54. The maximum atomic E-state index is 12.6. The van der Waals surface area contributed by atoms with Gasteiger partial charge in [0.2, 0.25) is 5.91 Å². The minimum absolute atomic E-state index is 0.0278. The van der Waals surface area contributed by atoms with Crippen LogP contribution in [0.25, 0.3) is 0 Å². The quantitative estimate of drug-likeness (QED) is 0.108. The Morgan fingerprint density at radius 1 is 0.762 bits per heavy atom. The normalized spacial score (nSPS) is 11.3. The van der Waals surface area contributed by atoms with Crippen molar-refractivity contribution in [3.63, 3.8) is 0 Å². The molecule has 42 heavy (non-hydrogen) atoms. The molecule has 0 spiro atoms. The second kappa shape index (κ2) is 16.6. The van der Waals surface area contributed by atoms with Gasteiger partial charge in [0.1, 0.15) is 17.5 Å². The molecule has 9 heteroatoms. The lowest BCUT2D eigenvalue weighted by atomic mass is 10.0. The van der Waals surface area contributed by atoms with E-state index in [0.717, 1.165) is 12.8 Å². The summed E-state index contributed by atoms with van der Waals surface area (Å²) in [5.41, 5.74) is 1.82. The van der Waals surface area contributed by atoms with Crippen LogP contribution in [0.15, 0.2) is 72.8 Å². The van der Waals surface area contributed by atoms with Crippen LogP contribution in [0.5, 0.6) is 11.5 Å². The average molecular weight is 575 g/mol. The van der Waals surface area contributed by atoms with Crippen LogP contribution >= 0.6 is 0 Å². The molecule has 3 rings (SSSR count). The van der Waals surface area contributed by atoms with Gasteiger partial charge in [-0.15, -0.1) is 0 Å². The third kappa shape index (κ3) is 10.4. The molecule has 3 aromatic carbocycles. The van der Waals surface area contributed by atoms with E-state index < -0.39 is 23.9 Å². The number of aliphatic carboxylic acids is 1. The van der Waals surface area contributed by atoms with Crippen molar-refractivity contribution in [2.45, 2.75) is 64.8 Å². The Balaban J connectivity index is 1.50. The highest BCUT2D eigenvalue weighted by molar-refractivity contribution is 5.97. The zero-order valence-electron chi connectivity index (χ0n) is 24.1. The van der Waals surface area contributed by atoms with Gasteiger partial charge in [0.15, 0.2) is 0 Å². The molecule has 0 aliphatic carbocycles. The molecule has 1 atom stereocenters. The van der Waals surface area contributed by atoms with Crippen molar-refractivity contribution in [1.82, 2.24) is 5.32 Å². The Hall–Kier alpha value is -4.66. The molecular formula is C33H38N2O7. The van der Waals surface area contributed by atoms with E-state index in [1.54, 1.807) is 67.6 Å². The number of ether oxygens (including phenoxy) is 2. The highest BCUT2D eigenvalue weighted by atomic mass is 16.5. The Morgan fingerprint density at radius 3 is 2.00 bits per heavy atom. The minimum Gasteiger partial charge on any atom is -0.494 e. The molecule has 3 N–H and O–H groups in total. The summed E-state index contributed by atoms with van der Waals surface area (Å²) in [5, 5.41) is 14.9. The maximum absolute atomic E-state index is 12.6. The monoisotopic (exact) mass is 574 g/mol. The first kappa shape index (κ1) is 31.9. The van der Waals surface area contributed by atoms with Crippen molar-refractivity contribution < 1.29 is 33.8 Å². The Morgan fingerprint density at radius 2 is 1.38 bits per heavy atom. The van der Waals surface area contributed by atoms with Gasteiger partial charge in [0, 0.05) is 24.1 Å². The van der Waals surface area contributed by atoms with E-state index in [0.29, 0.717) is 41.3 Å². The molecule has 9 nitrogen and oxygen atoms in total. The third-order valence-corrected chi connectivity index (χ3v) is 6.54. The van der Waals surface area contributed by atoms with Crippen LogP contribution < -0.4 is 20.1 Å². The topological polar surface area (TPSA) is 131 Å². The molecule has 0 heterocycles. The summed E-state index contributed by atoms with van der Waals surface area (Å²) in [6.45, 7) is 4.55. The van der Waals surface area contributed by atoms with Gasteiger partial charge >= 0.3 is 11.9 Å². The van der Waals surface area contributed by atoms with Crippen LogP contribution in [0.2, 0.25) is 0 Å². The number of amides is 2. The highest BCUT2D eigenvalue weighted by Crippen LogP contribution is 2.18. The van der Waals surface area contributed by atoms with Gasteiger partial charge in [-0.05, 0) is 72.6 Å². The van der Waals surface area contributed by atoms with E-state index >= 15 is 0 Å². The number of rotatable bonds is 16. The first-order valence-corrected chi connectivity index (χ1v) is 14.3. The Bertz CT molecular complexity index is 1320. The highest BCUT2D eigenvalue weighted by Gasteiger charge is 2.21. The van der Waals surface area contributed by atoms with E-state index in [9.17, 15) is 24.3 Å². The van der Waals surface area contributed by atoms with Crippen molar-refractivity contribution in [2.75, 3.05) is 11.9 Å². The van der Waals surface area contributed by atoms with Gasteiger partial charge in [0.25, 0.3) is 5.91 Å². The number of carbonyl (C=O) groups excluding carboxylic acids is 3. The van der Waals surface area contributed by atoms with Crippen LogP contribution in [0, 0.1) is 0 Å². The number of carboxylic acid groups (broad SMARTS) is 1. The van der Waals surface area contributed by atoms with Crippen molar-refractivity contribution >= 4 is 29.4 Å². The van der Waals surface area contributed by atoms with Crippen LogP contribution in [0.4, 0.5) is 5.69 Å². The standard InChI is InChI=1S/C33H38N2O7/c1-3-5-6-7-8-21-41-27-19-13-25(14-20-27)33(40)42-28-17-9-23(10-18-28)22-29(32(38)39)35-31(37)24-11-15-26(16-12-24)34-30(36)4-2/h9-20,29H,3-8,21-22H2,1-2H3,(H,34,36)(H,35,37)(H,38,39). The number of unbranched alkanes of at least 4 members (excludes halogenated alkanes) is 4. The van der Waals surface area contributed by atoms with E-state index in [-0.39, 0.29) is 17.9 Å². The van der Waals surface area contributed by atoms with Crippen molar-refractivity contribution in [1.29, 1.82) is 0 Å². The molecule has 0 aliphatic heterocycles. The smallest absolute Gasteiger partial charge is 0.343 e. The van der Waals surface area contributed by atoms with Crippen molar-refractivity contribution in [3.8, 4) is 11.5 Å². The molecule has 2 amide bonds. The summed E-state index contributed by atoms with van der Waals surface area (Å²) in [4.78, 5) is 48.6. The summed E-state index contributed by atoms with van der Waals surface area (Å²) in [5.74, 6) is -1.41. The molecule has 0 fully saturated rings. The van der Waals surface area contributed by atoms with Gasteiger partial charge in [-0.1, -0.05) is 51.7 Å². The van der Waals surface area contributed by atoms with Crippen LogP contribution in [-0.4, -0.2) is 41.5 Å². The number of nitrogens with one attached hydrogen (secondary N) is 2. The number of carboxylic acids is 1. The summed E-state index contributed by atoms with van der Waals surface area (Å²) in [6, 6.07) is 18.2. The fourth-order valence-corrected chi connectivity index (χ4v) is 4.07.